The third-order valence-corrected chi connectivity index (χ3v) is 7.65. The van der Waals surface area contributed by atoms with E-state index >= 15 is 0 Å². The minimum absolute atomic E-state index is 0.333. The zero-order valence-corrected chi connectivity index (χ0v) is 17.8. The Balaban J connectivity index is 1.39. The zero-order chi connectivity index (χ0) is 21.8. The molecule has 4 aliphatic carbocycles. The Hall–Kier alpha value is -1.64. The Kier molecular flexibility index (Phi) is 5.51. The number of hydrogen-bond donors (Lipinski definition) is 4. The first-order valence-electron chi connectivity index (χ1n) is 11.3. The molecule has 4 bridgehead atoms. The van der Waals surface area contributed by atoms with E-state index in [-0.39, 0.29) is 6.42 Å². The smallest absolute Gasteiger partial charge is 0.205 e. The van der Waals surface area contributed by atoms with Gasteiger partial charge < -0.3 is 34.6 Å². The van der Waals surface area contributed by atoms with Crippen molar-refractivity contribution < 1.29 is 34.6 Å². The molecule has 4 N–H and O–H groups in total. The molecule has 1 aliphatic heterocycles. The summed E-state index contributed by atoms with van der Waals surface area (Å²) in [6.45, 7) is -0.547. The second kappa shape index (κ2) is 8.05. The van der Waals surface area contributed by atoms with Crippen LogP contribution in [-0.4, -0.2) is 58.4 Å². The van der Waals surface area contributed by atoms with Crippen molar-refractivity contribution in [3.63, 3.8) is 0 Å². The number of methoxy groups -OCH3 is 1. The summed E-state index contributed by atoms with van der Waals surface area (Å²) < 4.78 is 17.3. The second-order valence-electron chi connectivity index (χ2n) is 9.75. The van der Waals surface area contributed by atoms with Gasteiger partial charge in [0.15, 0.2) is 5.79 Å². The number of rotatable bonds is 5. The molecule has 1 saturated heterocycles. The van der Waals surface area contributed by atoms with Gasteiger partial charge in [0.2, 0.25) is 6.29 Å². The number of allylic oxidation sites excluding steroid dienone is 1. The minimum Gasteiger partial charge on any atom is -0.496 e. The maximum Gasteiger partial charge on any atom is 0.205 e. The molecule has 1 aromatic carbocycles. The fraction of sp³-hybridized carbons (Fsp3) is 0.667. The van der Waals surface area contributed by atoms with E-state index in [0.717, 1.165) is 23.2 Å². The molecule has 1 heterocycles. The molecule has 5 fully saturated rings. The van der Waals surface area contributed by atoms with Crippen LogP contribution in [0, 0.1) is 23.7 Å². The van der Waals surface area contributed by atoms with E-state index in [1.807, 2.05) is 18.2 Å². The van der Waals surface area contributed by atoms with Crippen molar-refractivity contribution in [1.82, 2.24) is 0 Å². The fourth-order valence-electron chi connectivity index (χ4n) is 6.52. The Morgan fingerprint density at radius 1 is 1.10 bits per heavy atom. The summed E-state index contributed by atoms with van der Waals surface area (Å²) in [6, 6.07) is 7.55. The predicted octanol–water partition coefficient (Wildman–Crippen LogP) is 2.03. The number of ether oxygens (including phenoxy) is 3. The second-order valence-corrected chi connectivity index (χ2v) is 9.75. The predicted molar refractivity (Wildman–Crippen MR) is 112 cm³/mol. The van der Waals surface area contributed by atoms with E-state index in [1.54, 1.807) is 13.2 Å². The van der Waals surface area contributed by atoms with Crippen LogP contribution < -0.4 is 4.74 Å². The molecule has 170 valence electrons. The van der Waals surface area contributed by atoms with Crippen LogP contribution in [0.1, 0.15) is 44.1 Å². The molecule has 5 aliphatic rings. The van der Waals surface area contributed by atoms with Gasteiger partial charge in [-0.3, -0.25) is 0 Å². The third kappa shape index (κ3) is 3.87. The highest BCUT2D eigenvalue weighted by Crippen LogP contribution is 2.58. The van der Waals surface area contributed by atoms with Crippen LogP contribution in [0.2, 0.25) is 0 Å². The standard InChI is InChI=1S/C24H32O7/c1-29-22(21-16-6-13-5-14(8-16)9-17(21)7-13)15-3-2-4-18(10-15)30-20-11-24(27,28)23(26)19(12-25)31-20/h2-4,10,13-14,16-17,19-20,23,25-28H,5-9,11-12H2,1H3. The molecule has 7 heteroatoms. The molecule has 31 heavy (non-hydrogen) atoms. The van der Waals surface area contributed by atoms with Gasteiger partial charge in [-0.1, -0.05) is 12.1 Å². The van der Waals surface area contributed by atoms with Gasteiger partial charge in [0.05, 0.1) is 20.1 Å². The van der Waals surface area contributed by atoms with Gasteiger partial charge in [0, 0.05) is 5.56 Å². The molecular weight excluding hydrogens is 400 g/mol. The fourth-order valence-corrected chi connectivity index (χ4v) is 6.52. The molecule has 0 aromatic heterocycles. The van der Waals surface area contributed by atoms with Crippen molar-refractivity contribution in [2.75, 3.05) is 13.7 Å². The van der Waals surface area contributed by atoms with E-state index in [9.17, 15) is 20.4 Å². The summed E-state index contributed by atoms with van der Waals surface area (Å²) in [7, 11) is 1.73. The summed E-state index contributed by atoms with van der Waals surface area (Å²) >= 11 is 0. The summed E-state index contributed by atoms with van der Waals surface area (Å²) in [5, 5.41) is 39.4. The highest BCUT2D eigenvalue weighted by atomic mass is 16.7. The third-order valence-electron chi connectivity index (χ3n) is 7.65. The van der Waals surface area contributed by atoms with Crippen LogP contribution in [0.25, 0.3) is 5.76 Å². The summed E-state index contributed by atoms with van der Waals surface area (Å²) in [6.07, 6.45) is 2.37. The number of hydrogen-bond acceptors (Lipinski definition) is 7. The van der Waals surface area contributed by atoms with Crippen molar-refractivity contribution >= 4 is 5.76 Å². The maximum atomic E-state index is 10.1. The van der Waals surface area contributed by atoms with Crippen molar-refractivity contribution in [2.45, 2.75) is 62.8 Å². The Bertz CT molecular complexity index is 818. The first kappa shape index (κ1) is 21.2. The van der Waals surface area contributed by atoms with Gasteiger partial charge in [0.1, 0.15) is 23.7 Å². The van der Waals surface area contributed by atoms with Crippen LogP contribution in [0.15, 0.2) is 29.8 Å². The number of aliphatic hydroxyl groups excluding tert-OH is 2. The monoisotopic (exact) mass is 432 g/mol. The summed E-state index contributed by atoms with van der Waals surface area (Å²) in [5.74, 6) is 2.00. The summed E-state index contributed by atoms with van der Waals surface area (Å²) in [5.41, 5.74) is 2.39. The molecule has 3 unspecified atom stereocenters. The number of aliphatic hydroxyl groups is 4. The van der Waals surface area contributed by atoms with Gasteiger partial charge >= 0.3 is 0 Å². The normalized spacial score (nSPS) is 38.2. The molecule has 4 saturated carbocycles. The van der Waals surface area contributed by atoms with Gasteiger partial charge in [0.25, 0.3) is 0 Å². The van der Waals surface area contributed by atoms with Crippen LogP contribution in [0.3, 0.4) is 0 Å². The zero-order valence-electron chi connectivity index (χ0n) is 17.8. The van der Waals surface area contributed by atoms with E-state index in [1.165, 1.54) is 37.7 Å². The Labute approximate surface area is 182 Å². The first-order chi connectivity index (χ1) is 14.9. The SMILES string of the molecule is COC(=C1C2CC3CC(C2)CC1C3)c1cccc(OC2CC(O)(O)C(O)C(CO)O2)c1. The van der Waals surface area contributed by atoms with E-state index in [4.69, 9.17) is 14.2 Å². The van der Waals surface area contributed by atoms with E-state index in [2.05, 4.69) is 0 Å². The average molecular weight is 433 g/mol. The van der Waals surface area contributed by atoms with Crippen LogP contribution in [0.4, 0.5) is 0 Å². The highest BCUT2D eigenvalue weighted by molar-refractivity contribution is 5.66. The topological polar surface area (TPSA) is 109 Å². The average Bonchev–Trinajstić information content (AvgIpc) is 2.72. The molecule has 1 aromatic rings. The minimum atomic E-state index is -2.39. The van der Waals surface area contributed by atoms with Gasteiger partial charge in [-0.2, -0.15) is 0 Å². The van der Waals surface area contributed by atoms with Gasteiger partial charge in [-0.15, -0.1) is 0 Å². The number of benzene rings is 1. The van der Waals surface area contributed by atoms with E-state index < -0.39 is 30.9 Å². The Morgan fingerprint density at radius 2 is 1.77 bits per heavy atom. The molecule has 3 atom stereocenters. The van der Waals surface area contributed by atoms with E-state index in [0.29, 0.717) is 17.6 Å². The lowest BCUT2D eigenvalue weighted by Crippen LogP contribution is -2.59. The quantitative estimate of drug-likeness (QED) is 0.416. The lowest BCUT2D eigenvalue weighted by molar-refractivity contribution is -0.330. The molecule has 0 radical (unpaired) electrons. The van der Waals surface area contributed by atoms with Crippen molar-refractivity contribution in [3.05, 3.63) is 35.4 Å². The summed E-state index contributed by atoms with van der Waals surface area (Å²) in [4.78, 5) is 0. The molecule has 7 nitrogen and oxygen atoms in total. The largest absolute Gasteiger partial charge is 0.496 e. The van der Waals surface area contributed by atoms with Gasteiger partial charge in [-0.05, 0) is 73.5 Å². The lowest BCUT2D eigenvalue weighted by Gasteiger charge is -2.51. The highest BCUT2D eigenvalue weighted by Gasteiger charge is 2.48. The molecular formula is C24H32O7. The first-order valence-corrected chi connectivity index (χ1v) is 11.3. The Morgan fingerprint density at radius 3 is 2.39 bits per heavy atom. The van der Waals surface area contributed by atoms with Crippen LogP contribution >= 0.6 is 0 Å². The van der Waals surface area contributed by atoms with Crippen molar-refractivity contribution in [1.29, 1.82) is 0 Å². The molecule has 6 rings (SSSR count). The van der Waals surface area contributed by atoms with Crippen molar-refractivity contribution in [3.8, 4) is 5.75 Å². The molecule has 0 spiro atoms. The molecule has 0 amide bonds. The van der Waals surface area contributed by atoms with Crippen molar-refractivity contribution in [2.24, 2.45) is 23.7 Å². The van der Waals surface area contributed by atoms with Gasteiger partial charge in [-0.25, -0.2) is 0 Å². The maximum absolute atomic E-state index is 10.1. The lowest BCUT2D eigenvalue weighted by atomic mass is 9.54. The van der Waals surface area contributed by atoms with Crippen LogP contribution in [-0.2, 0) is 9.47 Å². The van der Waals surface area contributed by atoms with Crippen LogP contribution in [0.5, 0.6) is 5.75 Å².